The smallest absolute Gasteiger partial charge is 0.137 e. The fourth-order valence-corrected chi connectivity index (χ4v) is 3.91. The predicted molar refractivity (Wildman–Crippen MR) is 74.4 cm³/mol. The molecule has 0 radical (unpaired) electrons. The molecule has 0 amide bonds. The Labute approximate surface area is 113 Å². The average Bonchev–Trinajstić information content (AvgIpc) is 3.18. The van der Waals surface area contributed by atoms with E-state index in [-0.39, 0.29) is 5.82 Å². The zero-order chi connectivity index (χ0) is 12.6. The van der Waals surface area contributed by atoms with Gasteiger partial charge in [0.1, 0.15) is 5.82 Å². The molecule has 18 heavy (non-hydrogen) atoms. The molecule has 0 spiro atoms. The minimum atomic E-state index is -0.0550. The highest BCUT2D eigenvalue weighted by Gasteiger charge is 2.40. The summed E-state index contributed by atoms with van der Waals surface area (Å²) in [4.78, 5) is 0.864. The van der Waals surface area contributed by atoms with E-state index in [0.29, 0.717) is 11.5 Å². The lowest BCUT2D eigenvalue weighted by molar-refractivity contribution is 0.394. The van der Waals surface area contributed by atoms with Crippen LogP contribution >= 0.6 is 11.8 Å². The van der Waals surface area contributed by atoms with Crippen LogP contribution in [0.15, 0.2) is 23.1 Å². The minimum Gasteiger partial charge on any atom is -0.309 e. The van der Waals surface area contributed by atoms with Crippen LogP contribution in [0.25, 0.3) is 0 Å². The summed E-state index contributed by atoms with van der Waals surface area (Å²) < 4.78 is 13.7. The van der Waals surface area contributed by atoms with Gasteiger partial charge >= 0.3 is 0 Å². The molecule has 1 heterocycles. The van der Waals surface area contributed by atoms with E-state index in [1.165, 1.54) is 19.3 Å². The number of nitrogens with one attached hydrogen (secondary N) is 1. The first kappa shape index (κ1) is 12.5. The van der Waals surface area contributed by atoms with Crippen LogP contribution in [0, 0.1) is 11.2 Å². The van der Waals surface area contributed by atoms with Crippen LogP contribution < -0.4 is 5.32 Å². The van der Waals surface area contributed by atoms with Gasteiger partial charge in [0.05, 0.1) is 0 Å². The van der Waals surface area contributed by atoms with Gasteiger partial charge in [0, 0.05) is 17.5 Å². The Bertz CT molecular complexity index is 442. The first-order valence-electron chi connectivity index (χ1n) is 6.89. The highest BCUT2D eigenvalue weighted by molar-refractivity contribution is 7.99. The van der Waals surface area contributed by atoms with Crippen LogP contribution in [0.2, 0.25) is 0 Å². The van der Waals surface area contributed by atoms with Crippen LogP contribution in [-0.4, -0.2) is 12.3 Å². The number of hydrogen-bond acceptors (Lipinski definition) is 2. The maximum absolute atomic E-state index is 13.7. The molecular formula is C15H20FNS. The van der Waals surface area contributed by atoms with Crippen molar-refractivity contribution in [1.82, 2.24) is 5.32 Å². The lowest BCUT2D eigenvalue weighted by Crippen LogP contribution is -2.30. The third kappa shape index (κ3) is 2.30. The van der Waals surface area contributed by atoms with E-state index in [1.807, 2.05) is 6.07 Å². The molecule has 1 saturated carbocycles. The molecule has 3 rings (SSSR count). The number of rotatable bonds is 4. The number of benzene rings is 1. The Morgan fingerprint density at radius 2 is 2.28 bits per heavy atom. The van der Waals surface area contributed by atoms with E-state index in [2.05, 4.69) is 18.3 Å². The minimum absolute atomic E-state index is 0.0550. The van der Waals surface area contributed by atoms with Gasteiger partial charge in [-0.3, -0.25) is 0 Å². The molecule has 1 aliphatic carbocycles. The molecule has 1 fully saturated rings. The molecule has 1 N–H and O–H groups in total. The Morgan fingerprint density at radius 1 is 1.44 bits per heavy atom. The summed E-state index contributed by atoms with van der Waals surface area (Å²) in [6.07, 6.45) is 5.08. The summed E-state index contributed by atoms with van der Waals surface area (Å²) in [5.41, 5.74) is 1.72. The van der Waals surface area contributed by atoms with Crippen molar-refractivity contribution >= 4 is 11.8 Å². The van der Waals surface area contributed by atoms with E-state index in [0.717, 1.165) is 29.2 Å². The van der Waals surface area contributed by atoms with Gasteiger partial charge in [-0.15, -0.1) is 11.8 Å². The molecule has 1 nitrogen and oxygen atoms in total. The van der Waals surface area contributed by atoms with Crippen molar-refractivity contribution in [3.63, 3.8) is 0 Å². The second kappa shape index (κ2) is 4.86. The molecule has 3 heteroatoms. The quantitative estimate of drug-likeness (QED) is 0.878. The molecule has 1 atom stereocenters. The number of halogens is 1. The number of hydrogen-bond donors (Lipinski definition) is 1. The van der Waals surface area contributed by atoms with Crippen molar-refractivity contribution in [1.29, 1.82) is 0 Å². The van der Waals surface area contributed by atoms with Gasteiger partial charge in [-0.2, -0.15) is 0 Å². The van der Waals surface area contributed by atoms with Gasteiger partial charge < -0.3 is 5.32 Å². The van der Waals surface area contributed by atoms with Crippen molar-refractivity contribution in [2.24, 2.45) is 5.41 Å². The second-order valence-electron chi connectivity index (χ2n) is 5.58. The van der Waals surface area contributed by atoms with Crippen molar-refractivity contribution in [2.75, 3.05) is 12.3 Å². The molecule has 0 aromatic heterocycles. The van der Waals surface area contributed by atoms with Crippen molar-refractivity contribution in [3.8, 4) is 0 Å². The van der Waals surface area contributed by atoms with Gasteiger partial charge in [-0.1, -0.05) is 19.1 Å². The molecule has 98 valence electrons. The van der Waals surface area contributed by atoms with Crippen LogP contribution in [0.4, 0.5) is 4.39 Å². The maximum Gasteiger partial charge on any atom is 0.137 e. The van der Waals surface area contributed by atoms with Crippen molar-refractivity contribution < 1.29 is 4.39 Å². The monoisotopic (exact) mass is 265 g/mol. The van der Waals surface area contributed by atoms with E-state index in [1.54, 1.807) is 17.8 Å². The predicted octanol–water partition coefficient (Wildman–Crippen LogP) is 4.14. The normalized spacial score (nSPS) is 24.7. The zero-order valence-electron chi connectivity index (χ0n) is 10.8. The first-order chi connectivity index (χ1) is 8.74. The first-order valence-corrected chi connectivity index (χ1v) is 7.87. The van der Waals surface area contributed by atoms with Gasteiger partial charge in [0.25, 0.3) is 0 Å². The maximum atomic E-state index is 13.7. The standard InChI is InChI=1S/C15H20FNS/c1-2-15(7-8-15)10-17-13-6-9-18-14-11(13)4-3-5-12(14)16/h3-5,13,17H,2,6-10H2,1H3. The Morgan fingerprint density at radius 3 is 3.00 bits per heavy atom. The largest absolute Gasteiger partial charge is 0.309 e. The summed E-state index contributed by atoms with van der Waals surface area (Å²) in [7, 11) is 0. The highest BCUT2D eigenvalue weighted by Crippen LogP contribution is 2.48. The fraction of sp³-hybridized carbons (Fsp3) is 0.600. The molecule has 1 aromatic rings. The topological polar surface area (TPSA) is 12.0 Å². The SMILES string of the molecule is CCC1(CNC2CCSc3c(F)cccc32)CC1. The van der Waals surface area contributed by atoms with E-state index in [9.17, 15) is 4.39 Å². The average molecular weight is 265 g/mol. The van der Waals surface area contributed by atoms with E-state index >= 15 is 0 Å². The van der Waals surface area contributed by atoms with E-state index in [4.69, 9.17) is 0 Å². The number of thioether (sulfide) groups is 1. The van der Waals surface area contributed by atoms with Gasteiger partial charge in [0.15, 0.2) is 0 Å². The molecule has 1 aliphatic heterocycles. The fourth-order valence-electron chi connectivity index (χ4n) is 2.77. The van der Waals surface area contributed by atoms with Crippen LogP contribution in [0.1, 0.15) is 44.2 Å². The zero-order valence-corrected chi connectivity index (χ0v) is 11.7. The van der Waals surface area contributed by atoms with Gasteiger partial charge in [-0.25, -0.2) is 4.39 Å². The lowest BCUT2D eigenvalue weighted by Gasteiger charge is -2.28. The summed E-state index contributed by atoms with van der Waals surface area (Å²) >= 11 is 1.66. The molecule has 2 aliphatic rings. The van der Waals surface area contributed by atoms with Crippen molar-refractivity contribution in [2.45, 2.75) is 43.5 Å². The summed E-state index contributed by atoms with van der Waals surface area (Å²) in [6.45, 7) is 3.37. The molecule has 0 saturated heterocycles. The Balaban J connectivity index is 1.73. The highest BCUT2D eigenvalue weighted by atomic mass is 32.2. The number of fused-ring (bicyclic) bond motifs is 1. The van der Waals surface area contributed by atoms with E-state index < -0.39 is 0 Å². The van der Waals surface area contributed by atoms with Gasteiger partial charge in [-0.05, 0) is 48.5 Å². The third-order valence-corrected chi connectivity index (χ3v) is 5.62. The molecule has 1 aromatic carbocycles. The van der Waals surface area contributed by atoms with Crippen LogP contribution in [0.3, 0.4) is 0 Å². The summed E-state index contributed by atoms with van der Waals surface area (Å²) in [6, 6.07) is 5.83. The Hall–Kier alpha value is -0.540. The summed E-state index contributed by atoms with van der Waals surface area (Å²) in [5, 5.41) is 3.68. The summed E-state index contributed by atoms with van der Waals surface area (Å²) in [5.74, 6) is 0.964. The third-order valence-electron chi connectivity index (χ3n) is 4.46. The van der Waals surface area contributed by atoms with Crippen molar-refractivity contribution in [3.05, 3.63) is 29.6 Å². The molecule has 1 unspecified atom stereocenters. The molecule has 0 bridgehead atoms. The Kier molecular flexibility index (Phi) is 3.37. The molecular weight excluding hydrogens is 245 g/mol. The second-order valence-corrected chi connectivity index (χ2v) is 6.69. The van der Waals surface area contributed by atoms with Crippen LogP contribution in [0.5, 0.6) is 0 Å². The van der Waals surface area contributed by atoms with Gasteiger partial charge in [0.2, 0.25) is 0 Å². The van der Waals surface area contributed by atoms with Crippen LogP contribution in [-0.2, 0) is 0 Å². The lowest BCUT2D eigenvalue weighted by atomic mass is 10.00.